The summed E-state index contributed by atoms with van der Waals surface area (Å²) in [5.41, 5.74) is 5.61. The highest BCUT2D eigenvalue weighted by Gasteiger charge is 2.22. The average molecular weight is 282 g/mol. The number of benzene rings is 2. The maximum absolute atomic E-state index is 4.53. The summed E-state index contributed by atoms with van der Waals surface area (Å²) in [6.45, 7) is 0. The second kappa shape index (κ2) is 3.36. The minimum Gasteiger partial charge on any atom is -0.290 e. The Balaban J connectivity index is 2.18. The zero-order chi connectivity index (χ0) is 14.3. The third kappa shape index (κ3) is 0.978. The van der Waals surface area contributed by atoms with Gasteiger partial charge in [-0.15, -0.1) is 0 Å². The van der Waals surface area contributed by atoms with Crippen LogP contribution >= 0.6 is 0 Å². The lowest BCUT2D eigenvalue weighted by atomic mass is 10.1. The van der Waals surface area contributed by atoms with E-state index in [1.54, 1.807) is 6.33 Å². The molecule has 0 aliphatic carbocycles. The fourth-order valence-corrected chi connectivity index (χ4v) is 3.80. The molecular weight excluding hydrogens is 272 g/mol. The van der Waals surface area contributed by atoms with E-state index in [4.69, 9.17) is 0 Å². The standard InChI is InChI=1S/C18H10N4/c1-3-7-13-11(5-1)16-12-6-2-4-8-14(12)22-17-15(9-19-10-20-17)21(13)18(16)22/h1-10H. The molecule has 0 unspecified atom stereocenters. The summed E-state index contributed by atoms with van der Waals surface area (Å²) >= 11 is 0. The van der Waals surface area contributed by atoms with Crippen molar-refractivity contribution in [2.45, 2.75) is 0 Å². The summed E-state index contributed by atoms with van der Waals surface area (Å²) in [6, 6.07) is 17.1. The number of para-hydroxylation sites is 2. The van der Waals surface area contributed by atoms with Crippen LogP contribution in [0.1, 0.15) is 0 Å². The van der Waals surface area contributed by atoms with Gasteiger partial charge in [0.1, 0.15) is 17.5 Å². The number of fused-ring (bicyclic) bond motifs is 9. The molecule has 0 amide bonds. The number of hydrogen-bond donors (Lipinski definition) is 0. The van der Waals surface area contributed by atoms with Crippen molar-refractivity contribution < 1.29 is 0 Å². The van der Waals surface area contributed by atoms with Crippen molar-refractivity contribution in [3.63, 3.8) is 0 Å². The summed E-state index contributed by atoms with van der Waals surface area (Å²) in [6.07, 6.45) is 3.52. The maximum Gasteiger partial charge on any atom is 0.166 e. The average Bonchev–Trinajstić information content (AvgIpc) is 3.19. The molecule has 0 bridgehead atoms. The van der Waals surface area contributed by atoms with Crippen LogP contribution in [0.5, 0.6) is 0 Å². The summed E-state index contributed by atoms with van der Waals surface area (Å²) in [7, 11) is 0. The van der Waals surface area contributed by atoms with Gasteiger partial charge in [-0.2, -0.15) is 0 Å². The fourth-order valence-electron chi connectivity index (χ4n) is 3.80. The molecule has 4 heterocycles. The van der Waals surface area contributed by atoms with Crippen LogP contribution in [0, 0.1) is 0 Å². The molecule has 102 valence electrons. The molecule has 0 atom stereocenters. The number of hydrogen-bond acceptors (Lipinski definition) is 2. The van der Waals surface area contributed by atoms with Gasteiger partial charge in [0.25, 0.3) is 0 Å². The first-order valence-electron chi connectivity index (χ1n) is 7.28. The Kier molecular flexibility index (Phi) is 1.61. The lowest BCUT2D eigenvalue weighted by Crippen LogP contribution is -1.84. The first-order chi connectivity index (χ1) is 10.9. The molecule has 4 heteroatoms. The molecule has 0 N–H and O–H groups in total. The molecule has 0 saturated carbocycles. The van der Waals surface area contributed by atoms with Gasteiger partial charge in [-0.3, -0.25) is 8.80 Å². The van der Waals surface area contributed by atoms with Crippen LogP contribution in [0.3, 0.4) is 0 Å². The SMILES string of the molecule is c1ccc2c(c1)c1c3ccccc3n3c4ncncc4n2c13. The molecule has 0 aliphatic rings. The summed E-state index contributed by atoms with van der Waals surface area (Å²) in [5, 5.41) is 3.85. The Morgan fingerprint density at radius 2 is 1.41 bits per heavy atom. The second-order valence-electron chi connectivity index (χ2n) is 5.64. The zero-order valence-electron chi connectivity index (χ0n) is 11.6. The van der Waals surface area contributed by atoms with Crippen LogP contribution < -0.4 is 0 Å². The monoisotopic (exact) mass is 282 g/mol. The minimum atomic E-state index is 0.960. The quantitative estimate of drug-likeness (QED) is 0.424. The van der Waals surface area contributed by atoms with Crippen LogP contribution in [-0.2, 0) is 0 Å². The molecule has 2 aromatic carbocycles. The smallest absolute Gasteiger partial charge is 0.166 e. The van der Waals surface area contributed by atoms with Crippen LogP contribution in [0.15, 0.2) is 61.1 Å². The summed E-state index contributed by atoms with van der Waals surface area (Å²) in [5.74, 6) is 0. The van der Waals surface area contributed by atoms with Gasteiger partial charge in [0, 0.05) is 16.2 Å². The molecule has 0 radical (unpaired) electrons. The van der Waals surface area contributed by atoms with Crippen molar-refractivity contribution in [2.75, 3.05) is 0 Å². The molecule has 0 aliphatic heterocycles. The van der Waals surface area contributed by atoms with Gasteiger partial charge in [0.05, 0.1) is 17.2 Å². The predicted octanol–water partition coefficient (Wildman–Crippen LogP) is 3.88. The van der Waals surface area contributed by atoms with Gasteiger partial charge < -0.3 is 0 Å². The highest BCUT2D eigenvalue weighted by atomic mass is 15.1. The van der Waals surface area contributed by atoms with Crippen molar-refractivity contribution in [3.8, 4) is 0 Å². The molecule has 0 fully saturated rings. The lowest BCUT2D eigenvalue weighted by Gasteiger charge is -1.93. The molecule has 6 aromatic rings. The normalized spacial score (nSPS) is 12.5. The third-order valence-electron chi connectivity index (χ3n) is 4.60. The summed E-state index contributed by atoms with van der Waals surface area (Å²) < 4.78 is 4.53. The van der Waals surface area contributed by atoms with E-state index < -0.39 is 0 Å². The largest absolute Gasteiger partial charge is 0.290 e. The Morgan fingerprint density at radius 1 is 0.727 bits per heavy atom. The predicted molar refractivity (Wildman–Crippen MR) is 87.6 cm³/mol. The minimum absolute atomic E-state index is 0.960. The van der Waals surface area contributed by atoms with E-state index in [1.807, 2.05) is 6.20 Å². The highest BCUT2D eigenvalue weighted by molar-refractivity contribution is 6.23. The number of nitrogens with zero attached hydrogens (tertiary/aromatic N) is 4. The maximum atomic E-state index is 4.53. The molecule has 0 saturated heterocycles. The van der Waals surface area contributed by atoms with Gasteiger partial charge in [-0.1, -0.05) is 36.4 Å². The lowest BCUT2D eigenvalue weighted by molar-refractivity contribution is 1.18. The van der Waals surface area contributed by atoms with Gasteiger partial charge in [-0.25, -0.2) is 9.97 Å². The highest BCUT2D eigenvalue weighted by Crippen LogP contribution is 2.39. The van der Waals surface area contributed by atoms with Crippen molar-refractivity contribution in [3.05, 3.63) is 61.1 Å². The van der Waals surface area contributed by atoms with Crippen molar-refractivity contribution >= 4 is 44.0 Å². The molecule has 22 heavy (non-hydrogen) atoms. The Morgan fingerprint density at radius 3 is 2.18 bits per heavy atom. The van der Waals surface area contributed by atoms with E-state index in [2.05, 4.69) is 67.3 Å². The number of aromatic nitrogens is 4. The van der Waals surface area contributed by atoms with Gasteiger partial charge in [0.15, 0.2) is 5.65 Å². The van der Waals surface area contributed by atoms with Crippen LogP contribution in [0.4, 0.5) is 0 Å². The second-order valence-corrected chi connectivity index (χ2v) is 5.64. The number of imidazole rings is 1. The van der Waals surface area contributed by atoms with Gasteiger partial charge in [-0.05, 0) is 12.1 Å². The van der Waals surface area contributed by atoms with Crippen LogP contribution in [0.2, 0.25) is 0 Å². The van der Waals surface area contributed by atoms with E-state index in [0.29, 0.717) is 0 Å². The zero-order valence-corrected chi connectivity index (χ0v) is 11.6. The Bertz CT molecular complexity index is 1070. The topological polar surface area (TPSA) is 34.6 Å². The summed E-state index contributed by atoms with van der Waals surface area (Å²) in [4.78, 5) is 8.76. The van der Waals surface area contributed by atoms with Crippen LogP contribution in [-0.4, -0.2) is 18.8 Å². The molecular formula is C18H10N4. The van der Waals surface area contributed by atoms with Gasteiger partial charge >= 0.3 is 0 Å². The molecule has 6 rings (SSSR count). The first-order valence-corrected chi connectivity index (χ1v) is 7.28. The Labute approximate surface area is 124 Å². The van der Waals surface area contributed by atoms with E-state index in [1.165, 1.54) is 32.8 Å². The third-order valence-corrected chi connectivity index (χ3v) is 4.60. The molecule has 4 aromatic heterocycles. The van der Waals surface area contributed by atoms with Crippen molar-refractivity contribution in [1.82, 2.24) is 18.8 Å². The molecule has 4 nitrogen and oxygen atoms in total. The fraction of sp³-hybridized carbons (Fsp3) is 0. The number of rotatable bonds is 0. The van der Waals surface area contributed by atoms with E-state index in [-0.39, 0.29) is 0 Å². The van der Waals surface area contributed by atoms with E-state index >= 15 is 0 Å². The van der Waals surface area contributed by atoms with Crippen molar-refractivity contribution in [1.29, 1.82) is 0 Å². The first kappa shape index (κ1) is 10.6. The molecule has 0 spiro atoms. The van der Waals surface area contributed by atoms with Gasteiger partial charge in [0.2, 0.25) is 0 Å². The van der Waals surface area contributed by atoms with E-state index in [0.717, 1.165) is 11.2 Å². The van der Waals surface area contributed by atoms with Crippen LogP contribution in [0.25, 0.3) is 44.0 Å². The van der Waals surface area contributed by atoms with Crippen molar-refractivity contribution in [2.24, 2.45) is 0 Å². The van der Waals surface area contributed by atoms with E-state index in [9.17, 15) is 0 Å². The Hall–Kier alpha value is -3.14.